The number of benzene rings is 1. The van der Waals surface area contributed by atoms with Gasteiger partial charge < -0.3 is 5.73 Å². The lowest BCUT2D eigenvalue weighted by Crippen LogP contribution is -2.07. The largest absolute Gasteiger partial charge is 0.398 e. The minimum atomic E-state index is 0.0376. The molecule has 1 aromatic carbocycles. The Balaban J connectivity index is 3.10. The van der Waals surface area contributed by atoms with E-state index in [1.807, 2.05) is 6.07 Å². The normalized spacial score (nSPS) is 10.1. The van der Waals surface area contributed by atoms with E-state index in [2.05, 4.69) is 15.9 Å². The Labute approximate surface area is 96.6 Å². The smallest absolute Gasteiger partial charge is 0.166 e. The molecule has 1 aromatic rings. The molecule has 14 heavy (non-hydrogen) atoms. The minimum Gasteiger partial charge on any atom is -0.398 e. The van der Waals surface area contributed by atoms with E-state index in [1.54, 1.807) is 12.1 Å². The van der Waals surface area contributed by atoms with E-state index in [1.165, 1.54) is 0 Å². The van der Waals surface area contributed by atoms with Crippen LogP contribution in [0.1, 0.15) is 22.3 Å². The molecule has 0 aliphatic carbocycles. The second kappa shape index (κ2) is 5.37. The molecule has 0 aliphatic rings. The van der Waals surface area contributed by atoms with Crippen molar-refractivity contribution in [1.82, 2.24) is 0 Å². The summed E-state index contributed by atoms with van der Waals surface area (Å²) in [4.78, 5) is 11.7. The van der Waals surface area contributed by atoms with Gasteiger partial charge in [0.1, 0.15) is 0 Å². The predicted octanol–water partition coefficient (Wildman–Crippen LogP) is 2.98. The minimum absolute atomic E-state index is 0.0376. The summed E-state index contributed by atoms with van der Waals surface area (Å²) in [6.45, 7) is 0. The van der Waals surface area contributed by atoms with Crippen LogP contribution in [0.5, 0.6) is 0 Å². The number of nitrogens with two attached hydrogens (primary N) is 1. The van der Waals surface area contributed by atoms with Crippen molar-refractivity contribution in [2.75, 3.05) is 11.1 Å². The Morgan fingerprint density at radius 2 is 2.21 bits per heavy atom. The van der Waals surface area contributed by atoms with Crippen molar-refractivity contribution in [2.24, 2.45) is 0 Å². The van der Waals surface area contributed by atoms with Crippen LogP contribution < -0.4 is 5.73 Å². The molecular weight excluding hydrogens is 265 g/mol. The number of rotatable bonds is 4. The van der Waals surface area contributed by atoms with Crippen molar-refractivity contribution in [1.29, 1.82) is 0 Å². The number of alkyl halides is 2. The summed E-state index contributed by atoms with van der Waals surface area (Å²) in [5.74, 6) is 0.352. The van der Waals surface area contributed by atoms with Crippen molar-refractivity contribution in [2.45, 2.75) is 12.3 Å². The van der Waals surface area contributed by atoms with Crippen molar-refractivity contribution >= 4 is 39.0 Å². The molecule has 0 saturated carbocycles. The molecule has 4 heteroatoms. The van der Waals surface area contributed by atoms with Gasteiger partial charge >= 0.3 is 0 Å². The van der Waals surface area contributed by atoms with Gasteiger partial charge in [0.15, 0.2) is 5.78 Å². The number of hydrogen-bond donors (Lipinski definition) is 1. The Bertz CT molecular complexity index is 341. The summed E-state index contributed by atoms with van der Waals surface area (Å²) >= 11 is 8.95. The molecular formula is C10H11BrClNO. The second-order valence-corrected chi connectivity index (χ2v) is 3.94. The van der Waals surface area contributed by atoms with Crippen molar-refractivity contribution in [3.8, 4) is 0 Å². The number of nitrogen functional groups attached to an aromatic ring is 1. The highest BCUT2D eigenvalue weighted by molar-refractivity contribution is 9.09. The molecule has 76 valence electrons. The average molecular weight is 277 g/mol. The SMILES string of the molecule is Nc1cccc(CCl)c1C(=O)CCBr. The lowest BCUT2D eigenvalue weighted by atomic mass is 10.0. The number of hydrogen-bond acceptors (Lipinski definition) is 2. The van der Waals surface area contributed by atoms with Crippen LogP contribution in [-0.2, 0) is 5.88 Å². The maximum Gasteiger partial charge on any atom is 0.166 e. The average Bonchev–Trinajstić information content (AvgIpc) is 2.17. The Morgan fingerprint density at radius 3 is 2.79 bits per heavy atom. The fourth-order valence-corrected chi connectivity index (χ4v) is 1.87. The summed E-state index contributed by atoms with van der Waals surface area (Å²) in [5.41, 5.74) is 7.62. The van der Waals surface area contributed by atoms with E-state index in [4.69, 9.17) is 17.3 Å². The maximum atomic E-state index is 11.7. The Hall–Kier alpha value is -0.540. The van der Waals surface area contributed by atoms with Crippen LogP contribution in [0.3, 0.4) is 0 Å². The summed E-state index contributed by atoms with van der Waals surface area (Å²) in [7, 11) is 0. The molecule has 0 aliphatic heterocycles. The highest BCUT2D eigenvalue weighted by atomic mass is 79.9. The van der Waals surface area contributed by atoms with Crippen LogP contribution in [0, 0.1) is 0 Å². The molecule has 0 atom stereocenters. The van der Waals surface area contributed by atoms with Gasteiger partial charge in [-0.15, -0.1) is 11.6 Å². The van der Waals surface area contributed by atoms with Gasteiger partial charge in [-0.2, -0.15) is 0 Å². The molecule has 0 unspecified atom stereocenters. The summed E-state index contributed by atoms with van der Waals surface area (Å²) in [6, 6.07) is 5.35. The van der Waals surface area contributed by atoms with Gasteiger partial charge in [0.2, 0.25) is 0 Å². The first kappa shape index (κ1) is 11.5. The molecule has 0 radical (unpaired) electrons. The number of Topliss-reactive ketones (excluding diaryl/α,β-unsaturated/α-hetero) is 1. The number of halogens is 2. The van der Waals surface area contributed by atoms with E-state index in [0.29, 0.717) is 28.9 Å². The van der Waals surface area contributed by atoms with Crippen LogP contribution in [0.15, 0.2) is 18.2 Å². The van der Waals surface area contributed by atoms with Crippen molar-refractivity contribution < 1.29 is 4.79 Å². The van der Waals surface area contributed by atoms with Gasteiger partial charge in [-0.3, -0.25) is 4.79 Å². The van der Waals surface area contributed by atoms with E-state index >= 15 is 0 Å². The van der Waals surface area contributed by atoms with Crippen LogP contribution >= 0.6 is 27.5 Å². The van der Waals surface area contributed by atoms with E-state index in [9.17, 15) is 4.79 Å². The number of carbonyl (C=O) groups is 1. The molecule has 2 nitrogen and oxygen atoms in total. The standard InChI is InChI=1S/C10H11BrClNO/c11-5-4-9(14)10-7(6-12)2-1-3-8(10)13/h1-3H,4-6,13H2. The monoisotopic (exact) mass is 275 g/mol. The van der Waals surface area contributed by atoms with Gasteiger partial charge in [0.05, 0.1) is 0 Å². The third-order valence-corrected chi connectivity index (χ3v) is 2.61. The predicted molar refractivity (Wildman–Crippen MR) is 63.2 cm³/mol. The third-order valence-electron chi connectivity index (χ3n) is 1.93. The van der Waals surface area contributed by atoms with Gasteiger partial charge in [-0.05, 0) is 11.6 Å². The number of carbonyl (C=O) groups excluding carboxylic acids is 1. The van der Waals surface area contributed by atoms with E-state index in [-0.39, 0.29) is 5.78 Å². The van der Waals surface area contributed by atoms with Gasteiger partial charge in [0, 0.05) is 28.9 Å². The lowest BCUT2D eigenvalue weighted by molar-refractivity contribution is 0.0990. The maximum absolute atomic E-state index is 11.7. The molecule has 0 amide bonds. The summed E-state index contributed by atoms with van der Waals surface area (Å²) in [5, 5.41) is 0.641. The van der Waals surface area contributed by atoms with Crippen LogP contribution in [-0.4, -0.2) is 11.1 Å². The topological polar surface area (TPSA) is 43.1 Å². The number of ketones is 1. The van der Waals surface area contributed by atoms with Crippen molar-refractivity contribution in [3.63, 3.8) is 0 Å². The van der Waals surface area contributed by atoms with Gasteiger partial charge in [-0.25, -0.2) is 0 Å². The molecule has 0 saturated heterocycles. The molecule has 0 aromatic heterocycles. The zero-order chi connectivity index (χ0) is 10.6. The van der Waals surface area contributed by atoms with Crippen molar-refractivity contribution in [3.05, 3.63) is 29.3 Å². The number of anilines is 1. The molecule has 0 heterocycles. The highest BCUT2D eigenvalue weighted by Gasteiger charge is 2.13. The molecule has 1 rings (SSSR count). The molecule has 2 N–H and O–H groups in total. The van der Waals surface area contributed by atoms with Crippen LogP contribution in [0.25, 0.3) is 0 Å². The van der Waals surface area contributed by atoms with Gasteiger partial charge in [-0.1, -0.05) is 28.1 Å². The zero-order valence-corrected chi connectivity index (χ0v) is 9.94. The molecule has 0 spiro atoms. The van der Waals surface area contributed by atoms with Crippen LogP contribution in [0.4, 0.5) is 5.69 Å². The quantitative estimate of drug-likeness (QED) is 0.522. The highest BCUT2D eigenvalue weighted by Crippen LogP contribution is 2.20. The van der Waals surface area contributed by atoms with E-state index < -0.39 is 0 Å². The van der Waals surface area contributed by atoms with Gasteiger partial charge in [0.25, 0.3) is 0 Å². The lowest BCUT2D eigenvalue weighted by Gasteiger charge is -2.08. The van der Waals surface area contributed by atoms with Crippen LogP contribution in [0.2, 0.25) is 0 Å². The fourth-order valence-electron chi connectivity index (χ4n) is 1.28. The first-order valence-electron chi connectivity index (χ1n) is 4.23. The second-order valence-electron chi connectivity index (χ2n) is 2.88. The zero-order valence-electron chi connectivity index (χ0n) is 7.59. The molecule has 0 bridgehead atoms. The first-order valence-corrected chi connectivity index (χ1v) is 5.88. The molecule has 0 fully saturated rings. The third kappa shape index (κ3) is 2.49. The Kier molecular flexibility index (Phi) is 4.42. The van der Waals surface area contributed by atoms with E-state index in [0.717, 1.165) is 5.56 Å². The first-order chi connectivity index (χ1) is 6.70. The summed E-state index contributed by atoms with van der Waals surface area (Å²) in [6.07, 6.45) is 0.443. The fraction of sp³-hybridized carbons (Fsp3) is 0.300. The summed E-state index contributed by atoms with van der Waals surface area (Å²) < 4.78 is 0. The Morgan fingerprint density at radius 1 is 1.50 bits per heavy atom.